The van der Waals surface area contributed by atoms with Crippen molar-refractivity contribution >= 4 is 18.0 Å². The van der Waals surface area contributed by atoms with Gasteiger partial charge >= 0.3 is 12.3 Å². The maximum Gasteiger partial charge on any atom is 0.518 e. The van der Waals surface area contributed by atoms with Gasteiger partial charge in [0, 0.05) is 18.8 Å². The van der Waals surface area contributed by atoms with E-state index in [1.807, 2.05) is 0 Å². The minimum atomic E-state index is -1.04. The summed E-state index contributed by atoms with van der Waals surface area (Å²) in [6, 6.07) is 8.53. The van der Waals surface area contributed by atoms with E-state index in [9.17, 15) is 9.59 Å². The lowest BCUT2D eigenvalue weighted by Gasteiger charge is -2.22. The molecule has 0 aromatic heterocycles. The van der Waals surface area contributed by atoms with Crippen LogP contribution < -0.4 is 4.90 Å². The molecule has 0 unspecified atom stereocenters. The molecule has 0 aliphatic carbocycles. The number of hydrogen-bond donors (Lipinski definition) is 0. The predicted octanol–water partition coefficient (Wildman–Crippen LogP) is 4.16. The number of rotatable bonds is 5. The molecule has 0 aliphatic rings. The van der Waals surface area contributed by atoms with Crippen molar-refractivity contribution in [2.75, 3.05) is 31.2 Å². The van der Waals surface area contributed by atoms with Crippen molar-refractivity contribution in [3.05, 3.63) is 29.8 Å². The van der Waals surface area contributed by atoms with Gasteiger partial charge < -0.3 is 19.1 Å². The van der Waals surface area contributed by atoms with Gasteiger partial charge in [-0.1, -0.05) is 18.2 Å². The molecular weight excluding hydrogens is 298 g/mol. The molecule has 0 atom stereocenters. The van der Waals surface area contributed by atoms with Gasteiger partial charge in [0.05, 0.1) is 13.2 Å². The number of aryl methyl sites for hydroxylation is 1. The third kappa shape index (κ3) is 8.70. The van der Waals surface area contributed by atoms with E-state index in [1.54, 1.807) is 13.8 Å². The Labute approximate surface area is 138 Å². The number of carbonyl (C=O) groups is 2. The molecule has 130 valence electrons. The van der Waals surface area contributed by atoms with Gasteiger partial charge in [-0.05, 0) is 46.2 Å². The summed E-state index contributed by atoms with van der Waals surface area (Å²) in [6.45, 7) is 12.2. The minimum absolute atomic E-state index is 0.165. The van der Waals surface area contributed by atoms with Gasteiger partial charge in [-0.25, -0.2) is 9.59 Å². The Morgan fingerprint density at radius 3 is 1.78 bits per heavy atom. The maximum absolute atomic E-state index is 10.4. The molecule has 0 heterocycles. The molecule has 23 heavy (non-hydrogen) atoms. The van der Waals surface area contributed by atoms with Crippen LogP contribution in [0.1, 0.15) is 33.3 Å². The molecule has 0 aliphatic heterocycles. The second-order valence-corrected chi connectivity index (χ2v) is 4.43. The first-order valence-corrected chi connectivity index (χ1v) is 7.81. The summed E-state index contributed by atoms with van der Waals surface area (Å²) in [5.41, 5.74) is 2.73. The second kappa shape index (κ2) is 12.3. The SMILES string of the molecule is CCN(CC)c1ccccc1C.CCOC(=O)OC(=O)OCC. The van der Waals surface area contributed by atoms with Crippen LogP contribution in [-0.4, -0.2) is 38.6 Å². The predicted molar refractivity (Wildman–Crippen MR) is 89.9 cm³/mol. The minimum Gasteiger partial charge on any atom is -0.434 e. The van der Waals surface area contributed by atoms with Crippen LogP contribution in [0.5, 0.6) is 0 Å². The molecular formula is C17H27NO5. The summed E-state index contributed by atoms with van der Waals surface area (Å²) in [7, 11) is 0. The van der Waals surface area contributed by atoms with Gasteiger partial charge in [-0.15, -0.1) is 0 Å². The molecule has 0 bridgehead atoms. The van der Waals surface area contributed by atoms with Crippen molar-refractivity contribution in [1.29, 1.82) is 0 Å². The van der Waals surface area contributed by atoms with Crippen molar-refractivity contribution in [2.24, 2.45) is 0 Å². The number of anilines is 1. The van der Waals surface area contributed by atoms with Crippen molar-refractivity contribution in [3.63, 3.8) is 0 Å². The van der Waals surface area contributed by atoms with Crippen LogP contribution in [0.4, 0.5) is 15.3 Å². The normalized spacial score (nSPS) is 9.26. The number of benzene rings is 1. The van der Waals surface area contributed by atoms with Crippen molar-refractivity contribution in [1.82, 2.24) is 0 Å². The van der Waals surface area contributed by atoms with E-state index in [1.165, 1.54) is 11.3 Å². The van der Waals surface area contributed by atoms with Gasteiger partial charge in [-0.3, -0.25) is 0 Å². The highest BCUT2D eigenvalue weighted by atomic mass is 16.8. The van der Waals surface area contributed by atoms with Gasteiger partial charge in [0.1, 0.15) is 0 Å². The molecule has 0 saturated carbocycles. The van der Waals surface area contributed by atoms with E-state index in [0.29, 0.717) is 0 Å². The highest BCUT2D eigenvalue weighted by molar-refractivity contribution is 5.76. The summed E-state index contributed by atoms with van der Waals surface area (Å²) in [5, 5.41) is 0. The number of carbonyl (C=O) groups excluding carboxylic acids is 2. The van der Waals surface area contributed by atoms with Crippen molar-refractivity contribution in [3.8, 4) is 0 Å². The van der Waals surface area contributed by atoms with E-state index in [2.05, 4.69) is 64.1 Å². The first kappa shape index (κ1) is 20.8. The standard InChI is InChI=1S/C11H17N.C6H10O5/c1-4-12(5-2)11-9-7-6-8-10(11)3;1-3-9-5(7)11-6(8)10-4-2/h6-9H,4-5H2,1-3H3;3-4H2,1-2H3. The molecule has 6 nitrogen and oxygen atoms in total. The third-order valence-electron chi connectivity index (χ3n) is 2.91. The molecule has 0 radical (unpaired) electrons. The van der Waals surface area contributed by atoms with Crippen LogP contribution in [0.2, 0.25) is 0 Å². The Hall–Kier alpha value is -2.24. The van der Waals surface area contributed by atoms with Crippen LogP contribution >= 0.6 is 0 Å². The Bertz CT molecular complexity index is 456. The average molecular weight is 325 g/mol. The zero-order valence-corrected chi connectivity index (χ0v) is 14.6. The highest BCUT2D eigenvalue weighted by Crippen LogP contribution is 2.18. The average Bonchev–Trinajstić information content (AvgIpc) is 2.51. The fraction of sp³-hybridized carbons (Fsp3) is 0.529. The van der Waals surface area contributed by atoms with E-state index in [0.717, 1.165) is 13.1 Å². The molecule has 0 fully saturated rings. The fourth-order valence-electron chi connectivity index (χ4n) is 1.85. The lowest BCUT2D eigenvalue weighted by Crippen LogP contribution is -2.22. The van der Waals surface area contributed by atoms with Crippen LogP contribution in [0, 0.1) is 6.92 Å². The summed E-state index contributed by atoms with van der Waals surface area (Å²) in [6.07, 6.45) is -2.07. The lowest BCUT2D eigenvalue weighted by molar-refractivity contribution is 0.0409. The Morgan fingerprint density at radius 1 is 0.913 bits per heavy atom. The van der Waals surface area contributed by atoms with Crippen LogP contribution in [0.3, 0.4) is 0 Å². The Kier molecular flexibility index (Phi) is 11.1. The molecule has 0 N–H and O–H groups in total. The number of ether oxygens (including phenoxy) is 3. The lowest BCUT2D eigenvalue weighted by atomic mass is 10.2. The summed E-state index contributed by atoms with van der Waals surface area (Å²) >= 11 is 0. The molecule has 0 spiro atoms. The largest absolute Gasteiger partial charge is 0.518 e. The third-order valence-corrected chi connectivity index (χ3v) is 2.91. The van der Waals surface area contributed by atoms with Gasteiger partial charge in [-0.2, -0.15) is 0 Å². The molecule has 1 aromatic rings. The second-order valence-electron chi connectivity index (χ2n) is 4.43. The monoisotopic (exact) mass is 325 g/mol. The topological polar surface area (TPSA) is 65.1 Å². The van der Waals surface area contributed by atoms with E-state index in [4.69, 9.17) is 0 Å². The van der Waals surface area contributed by atoms with Crippen molar-refractivity contribution < 1.29 is 23.8 Å². The van der Waals surface area contributed by atoms with Crippen molar-refractivity contribution in [2.45, 2.75) is 34.6 Å². The zero-order chi connectivity index (χ0) is 17.7. The maximum atomic E-state index is 10.4. The molecule has 0 amide bonds. The van der Waals surface area contributed by atoms with Gasteiger partial charge in [0.25, 0.3) is 0 Å². The number of hydrogen-bond acceptors (Lipinski definition) is 6. The number of nitrogens with zero attached hydrogens (tertiary/aromatic N) is 1. The first-order chi connectivity index (χ1) is 11.0. The Morgan fingerprint density at radius 2 is 1.39 bits per heavy atom. The summed E-state index contributed by atoms with van der Waals surface area (Å²) in [5.74, 6) is 0. The zero-order valence-electron chi connectivity index (χ0n) is 14.6. The van der Waals surface area contributed by atoms with Gasteiger partial charge in [0.15, 0.2) is 0 Å². The van der Waals surface area contributed by atoms with Crippen LogP contribution in [-0.2, 0) is 14.2 Å². The van der Waals surface area contributed by atoms with E-state index in [-0.39, 0.29) is 13.2 Å². The van der Waals surface area contributed by atoms with E-state index >= 15 is 0 Å². The fourth-order valence-corrected chi connectivity index (χ4v) is 1.85. The molecule has 0 saturated heterocycles. The molecule has 6 heteroatoms. The number of para-hydroxylation sites is 1. The van der Waals surface area contributed by atoms with E-state index < -0.39 is 12.3 Å². The summed E-state index contributed by atoms with van der Waals surface area (Å²) in [4.78, 5) is 23.1. The smallest absolute Gasteiger partial charge is 0.434 e. The van der Waals surface area contributed by atoms with Crippen LogP contribution in [0.25, 0.3) is 0 Å². The molecule has 1 rings (SSSR count). The summed E-state index contributed by atoms with van der Waals surface area (Å²) < 4.78 is 12.6. The van der Waals surface area contributed by atoms with Crippen LogP contribution in [0.15, 0.2) is 24.3 Å². The first-order valence-electron chi connectivity index (χ1n) is 7.81. The quantitative estimate of drug-likeness (QED) is 0.598. The Balaban J connectivity index is 0.000000423. The molecule has 1 aromatic carbocycles. The van der Waals surface area contributed by atoms with Gasteiger partial charge in [0.2, 0.25) is 0 Å². The highest BCUT2D eigenvalue weighted by Gasteiger charge is 2.10.